The van der Waals surface area contributed by atoms with Gasteiger partial charge in [-0.2, -0.15) is 0 Å². The monoisotopic (exact) mass is 417 g/mol. The van der Waals surface area contributed by atoms with Gasteiger partial charge in [0.1, 0.15) is 4.21 Å². The number of alkyl halides is 1. The standard InChI is InChI=1S/C11H17Br2NO2S2/c1-4-11(3,5-6-12)14-18(15,16)9-7-8(2)10(13)17-9/h7,14H,4-6H2,1-3H3. The smallest absolute Gasteiger partial charge is 0.206 e. The summed E-state index contributed by atoms with van der Waals surface area (Å²) in [6.07, 6.45) is 1.51. The Morgan fingerprint density at radius 3 is 2.50 bits per heavy atom. The lowest BCUT2D eigenvalue weighted by molar-refractivity contribution is 0.393. The van der Waals surface area contributed by atoms with Gasteiger partial charge in [-0.1, -0.05) is 22.9 Å². The van der Waals surface area contributed by atoms with Crippen molar-refractivity contribution in [1.82, 2.24) is 4.72 Å². The molecule has 0 saturated carbocycles. The Hall–Kier alpha value is 0.570. The van der Waals surface area contributed by atoms with Crippen molar-refractivity contribution >= 4 is 53.2 Å². The summed E-state index contributed by atoms with van der Waals surface area (Å²) in [4.78, 5) is 0. The van der Waals surface area contributed by atoms with Crippen LogP contribution in [-0.2, 0) is 10.0 Å². The summed E-state index contributed by atoms with van der Waals surface area (Å²) in [6, 6.07) is 1.70. The molecule has 0 fully saturated rings. The van der Waals surface area contributed by atoms with Gasteiger partial charge < -0.3 is 0 Å². The van der Waals surface area contributed by atoms with Crippen LogP contribution in [0.2, 0.25) is 0 Å². The zero-order chi connectivity index (χ0) is 14.0. The highest BCUT2D eigenvalue weighted by Gasteiger charge is 2.29. The van der Waals surface area contributed by atoms with Crippen molar-refractivity contribution in [2.45, 2.75) is 43.4 Å². The van der Waals surface area contributed by atoms with Crippen LogP contribution in [0.4, 0.5) is 0 Å². The van der Waals surface area contributed by atoms with Gasteiger partial charge in [0.05, 0.1) is 3.79 Å². The summed E-state index contributed by atoms with van der Waals surface area (Å²) in [6.45, 7) is 5.80. The van der Waals surface area contributed by atoms with Crippen LogP contribution in [-0.4, -0.2) is 19.3 Å². The van der Waals surface area contributed by atoms with Crippen molar-refractivity contribution in [2.75, 3.05) is 5.33 Å². The molecule has 1 unspecified atom stereocenters. The Bertz CT molecular complexity index is 494. The zero-order valence-electron chi connectivity index (χ0n) is 10.6. The van der Waals surface area contributed by atoms with Crippen molar-refractivity contribution in [3.63, 3.8) is 0 Å². The van der Waals surface area contributed by atoms with Crippen molar-refractivity contribution in [2.24, 2.45) is 0 Å². The fourth-order valence-corrected chi connectivity index (χ4v) is 6.06. The van der Waals surface area contributed by atoms with Crippen LogP contribution in [0.1, 0.15) is 32.3 Å². The molecule has 1 rings (SSSR count). The predicted octanol–water partition coefficient (Wildman–Crippen LogP) is 4.05. The van der Waals surface area contributed by atoms with Crippen LogP contribution >= 0.6 is 43.2 Å². The Labute approximate surface area is 130 Å². The molecule has 104 valence electrons. The molecule has 7 heteroatoms. The Balaban J connectivity index is 3.01. The molecule has 0 saturated heterocycles. The van der Waals surface area contributed by atoms with Gasteiger partial charge in [-0.05, 0) is 54.2 Å². The summed E-state index contributed by atoms with van der Waals surface area (Å²) in [5.74, 6) is 0. The molecule has 1 aromatic heterocycles. The van der Waals surface area contributed by atoms with E-state index >= 15 is 0 Å². The molecule has 0 aliphatic heterocycles. The van der Waals surface area contributed by atoms with Crippen molar-refractivity contribution in [3.05, 3.63) is 15.4 Å². The van der Waals surface area contributed by atoms with E-state index in [9.17, 15) is 8.42 Å². The summed E-state index contributed by atoms with van der Waals surface area (Å²) < 4.78 is 28.7. The van der Waals surface area contributed by atoms with Crippen LogP contribution in [0.15, 0.2) is 14.1 Å². The molecule has 0 aliphatic carbocycles. The first-order chi connectivity index (χ1) is 8.24. The first-order valence-electron chi connectivity index (χ1n) is 5.60. The number of rotatable bonds is 6. The van der Waals surface area contributed by atoms with Crippen LogP contribution in [0.25, 0.3) is 0 Å². The van der Waals surface area contributed by atoms with Gasteiger partial charge in [-0.3, -0.25) is 0 Å². The van der Waals surface area contributed by atoms with E-state index in [0.717, 1.165) is 27.5 Å². The number of hydrogen-bond acceptors (Lipinski definition) is 3. The summed E-state index contributed by atoms with van der Waals surface area (Å²) in [7, 11) is -3.44. The summed E-state index contributed by atoms with van der Waals surface area (Å²) in [5.41, 5.74) is 0.534. The number of hydrogen-bond donors (Lipinski definition) is 1. The van der Waals surface area contributed by atoms with Crippen LogP contribution in [0, 0.1) is 6.92 Å². The molecule has 18 heavy (non-hydrogen) atoms. The van der Waals surface area contributed by atoms with Gasteiger partial charge in [0.25, 0.3) is 10.0 Å². The van der Waals surface area contributed by atoms with Gasteiger partial charge in [-0.15, -0.1) is 11.3 Å². The molecule has 1 atom stereocenters. The number of thiophene rings is 1. The maximum Gasteiger partial charge on any atom is 0.250 e. The van der Waals surface area contributed by atoms with Crippen molar-refractivity contribution < 1.29 is 8.42 Å². The highest BCUT2D eigenvalue weighted by molar-refractivity contribution is 9.11. The molecule has 0 radical (unpaired) electrons. The highest BCUT2D eigenvalue weighted by atomic mass is 79.9. The summed E-state index contributed by atoms with van der Waals surface area (Å²) >= 11 is 7.97. The third-order valence-electron chi connectivity index (χ3n) is 2.91. The first kappa shape index (κ1) is 16.6. The van der Waals surface area contributed by atoms with Crippen LogP contribution in [0.3, 0.4) is 0 Å². The van der Waals surface area contributed by atoms with Gasteiger partial charge >= 0.3 is 0 Å². The van der Waals surface area contributed by atoms with Gasteiger partial charge in [0.2, 0.25) is 0 Å². The Morgan fingerprint density at radius 2 is 2.11 bits per heavy atom. The van der Waals surface area contributed by atoms with E-state index in [0.29, 0.717) is 4.21 Å². The van der Waals surface area contributed by atoms with Crippen LogP contribution in [0.5, 0.6) is 0 Å². The fraction of sp³-hybridized carbons (Fsp3) is 0.636. The molecular formula is C11H17Br2NO2S2. The number of aryl methyl sites for hydroxylation is 1. The maximum atomic E-state index is 12.3. The average molecular weight is 419 g/mol. The molecule has 0 bridgehead atoms. The Kier molecular flexibility index (Phi) is 5.86. The number of halogens is 2. The van der Waals surface area contributed by atoms with E-state index in [1.54, 1.807) is 6.07 Å². The molecule has 1 heterocycles. The maximum absolute atomic E-state index is 12.3. The number of nitrogens with one attached hydrogen (secondary N) is 1. The van der Waals surface area contributed by atoms with Gasteiger partial charge in [0, 0.05) is 10.9 Å². The minimum Gasteiger partial charge on any atom is -0.206 e. The fourth-order valence-electron chi connectivity index (χ4n) is 1.45. The molecule has 0 spiro atoms. The minimum atomic E-state index is -3.44. The molecule has 1 N–H and O–H groups in total. The van der Waals surface area contributed by atoms with E-state index in [1.165, 1.54) is 11.3 Å². The third kappa shape index (κ3) is 4.03. The number of sulfonamides is 1. The van der Waals surface area contributed by atoms with E-state index < -0.39 is 15.6 Å². The highest BCUT2D eigenvalue weighted by Crippen LogP contribution is 2.31. The van der Waals surface area contributed by atoms with Gasteiger partial charge in [-0.25, -0.2) is 13.1 Å². The normalized spacial score (nSPS) is 15.6. The van der Waals surface area contributed by atoms with E-state index in [2.05, 4.69) is 36.6 Å². The quantitative estimate of drug-likeness (QED) is 0.708. The van der Waals surface area contributed by atoms with Crippen molar-refractivity contribution in [3.8, 4) is 0 Å². The molecule has 0 aromatic carbocycles. The van der Waals surface area contributed by atoms with Crippen LogP contribution < -0.4 is 4.72 Å². The first-order valence-corrected chi connectivity index (χ1v) is 9.81. The lowest BCUT2D eigenvalue weighted by Crippen LogP contribution is -2.45. The SMILES string of the molecule is CCC(C)(CCBr)NS(=O)(=O)c1cc(C)c(Br)s1. The largest absolute Gasteiger partial charge is 0.250 e. The van der Waals surface area contributed by atoms with Gasteiger partial charge in [0.15, 0.2) is 0 Å². The van der Waals surface area contributed by atoms with E-state index in [-0.39, 0.29) is 0 Å². The van der Waals surface area contributed by atoms with E-state index in [4.69, 9.17) is 0 Å². The second-order valence-corrected chi connectivity index (χ2v) is 9.55. The molecule has 0 amide bonds. The predicted molar refractivity (Wildman–Crippen MR) is 84.2 cm³/mol. The second kappa shape index (κ2) is 6.35. The third-order valence-corrected chi connectivity index (χ3v) is 7.55. The second-order valence-electron chi connectivity index (χ2n) is 4.48. The lowest BCUT2D eigenvalue weighted by Gasteiger charge is -2.28. The average Bonchev–Trinajstić information content (AvgIpc) is 2.60. The summed E-state index contributed by atoms with van der Waals surface area (Å²) in [5, 5.41) is 0.771. The zero-order valence-corrected chi connectivity index (χ0v) is 15.4. The Morgan fingerprint density at radius 1 is 1.50 bits per heavy atom. The molecule has 3 nitrogen and oxygen atoms in total. The molecular weight excluding hydrogens is 402 g/mol. The molecule has 0 aliphatic rings. The lowest BCUT2D eigenvalue weighted by atomic mass is 9.98. The topological polar surface area (TPSA) is 46.2 Å². The molecule has 1 aromatic rings. The van der Waals surface area contributed by atoms with Crippen molar-refractivity contribution in [1.29, 1.82) is 0 Å². The van der Waals surface area contributed by atoms with E-state index in [1.807, 2.05) is 20.8 Å². The minimum absolute atomic E-state index is 0.362.